The van der Waals surface area contributed by atoms with Gasteiger partial charge < -0.3 is 5.11 Å². The quantitative estimate of drug-likeness (QED) is 0.894. The van der Waals surface area contributed by atoms with Crippen LogP contribution >= 0.6 is 0 Å². The van der Waals surface area contributed by atoms with Gasteiger partial charge in [0.2, 0.25) is 0 Å². The van der Waals surface area contributed by atoms with Gasteiger partial charge in [-0.3, -0.25) is 4.90 Å². The van der Waals surface area contributed by atoms with Crippen LogP contribution in [0.3, 0.4) is 0 Å². The monoisotopic (exact) mass is 255 g/mol. The first kappa shape index (κ1) is 13.4. The molecule has 2 atom stereocenters. The predicted molar refractivity (Wildman–Crippen MR) is 66.1 cm³/mol. The van der Waals surface area contributed by atoms with E-state index in [1.165, 1.54) is 18.2 Å². The summed E-state index contributed by atoms with van der Waals surface area (Å²) in [5.74, 6) is -0.976. The third-order valence-electron chi connectivity index (χ3n) is 3.54. The fourth-order valence-electron chi connectivity index (χ4n) is 2.65. The zero-order chi connectivity index (χ0) is 13.1. The lowest BCUT2D eigenvalue weighted by Gasteiger charge is -2.25. The summed E-state index contributed by atoms with van der Waals surface area (Å²) in [4.78, 5) is 2.06. The smallest absolute Gasteiger partial charge is 0.130 e. The van der Waals surface area contributed by atoms with Crippen molar-refractivity contribution in [3.05, 3.63) is 35.4 Å². The van der Waals surface area contributed by atoms with Gasteiger partial charge in [-0.05, 0) is 44.9 Å². The molecule has 1 saturated heterocycles. The van der Waals surface area contributed by atoms with E-state index in [4.69, 9.17) is 0 Å². The fraction of sp³-hybridized carbons (Fsp3) is 0.571. The predicted octanol–water partition coefficient (Wildman–Crippen LogP) is 2.70. The Kier molecular flexibility index (Phi) is 4.30. The molecule has 1 aromatic carbocycles. The van der Waals surface area contributed by atoms with Gasteiger partial charge in [0.15, 0.2) is 0 Å². The Morgan fingerprint density at radius 2 is 2.06 bits per heavy atom. The minimum absolute atomic E-state index is 0.134. The van der Waals surface area contributed by atoms with Crippen LogP contribution in [0, 0.1) is 11.6 Å². The van der Waals surface area contributed by atoms with E-state index in [-0.39, 0.29) is 24.3 Å². The number of halogens is 2. The van der Waals surface area contributed by atoms with Crippen LogP contribution in [0.5, 0.6) is 0 Å². The first-order valence-corrected chi connectivity index (χ1v) is 6.43. The minimum atomic E-state index is -0.488. The summed E-state index contributed by atoms with van der Waals surface area (Å²) in [7, 11) is 0. The van der Waals surface area contributed by atoms with Crippen molar-refractivity contribution in [2.75, 3.05) is 6.54 Å². The first-order chi connectivity index (χ1) is 8.58. The second-order valence-electron chi connectivity index (χ2n) is 5.05. The van der Waals surface area contributed by atoms with E-state index in [0.717, 1.165) is 19.4 Å². The van der Waals surface area contributed by atoms with Crippen LogP contribution in [0.4, 0.5) is 8.78 Å². The third kappa shape index (κ3) is 3.06. The van der Waals surface area contributed by atoms with Gasteiger partial charge in [-0.15, -0.1) is 0 Å². The molecule has 0 bridgehead atoms. The van der Waals surface area contributed by atoms with Gasteiger partial charge in [-0.1, -0.05) is 6.07 Å². The largest absolute Gasteiger partial charge is 0.393 e. The van der Waals surface area contributed by atoms with Crippen LogP contribution in [0.2, 0.25) is 0 Å². The molecule has 0 radical (unpaired) electrons. The van der Waals surface area contributed by atoms with E-state index in [1.807, 2.05) is 0 Å². The molecule has 4 heteroatoms. The van der Waals surface area contributed by atoms with Crippen molar-refractivity contribution in [3.8, 4) is 0 Å². The number of aliphatic hydroxyl groups excluding tert-OH is 1. The number of hydrogen-bond donors (Lipinski definition) is 1. The maximum atomic E-state index is 13.6. The molecule has 2 unspecified atom stereocenters. The van der Waals surface area contributed by atoms with Gasteiger partial charge in [0, 0.05) is 18.2 Å². The maximum Gasteiger partial charge on any atom is 0.130 e. The van der Waals surface area contributed by atoms with Gasteiger partial charge in [0.25, 0.3) is 0 Å². The van der Waals surface area contributed by atoms with E-state index in [1.54, 1.807) is 6.92 Å². The summed E-state index contributed by atoms with van der Waals surface area (Å²) < 4.78 is 27.2. The van der Waals surface area contributed by atoms with Gasteiger partial charge in [0.1, 0.15) is 11.6 Å². The topological polar surface area (TPSA) is 23.5 Å². The van der Waals surface area contributed by atoms with Crippen LogP contribution in [0.25, 0.3) is 0 Å². The molecule has 2 rings (SSSR count). The van der Waals surface area contributed by atoms with Crippen LogP contribution in [-0.2, 0) is 6.54 Å². The molecule has 1 aliphatic heterocycles. The Hall–Kier alpha value is -1.00. The van der Waals surface area contributed by atoms with Gasteiger partial charge in [-0.2, -0.15) is 0 Å². The molecule has 0 amide bonds. The molecule has 1 aliphatic rings. The number of hydrogen-bond acceptors (Lipinski definition) is 2. The number of nitrogens with zero attached hydrogens (tertiary/aromatic N) is 1. The minimum Gasteiger partial charge on any atom is -0.393 e. The van der Waals surface area contributed by atoms with E-state index < -0.39 is 11.6 Å². The molecule has 0 saturated carbocycles. The summed E-state index contributed by atoms with van der Waals surface area (Å²) in [6, 6.07) is 4.19. The molecule has 18 heavy (non-hydrogen) atoms. The Morgan fingerprint density at radius 3 is 2.67 bits per heavy atom. The Morgan fingerprint density at radius 1 is 1.39 bits per heavy atom. The summed E-state index contributed by atoms with van der Waals surface area (Å²) >= 11 is 0. The molecule has 1 fully saturated rings. The lowest BCUT2D eigenvalue weighted by molar-refractivity contribution is 0.129. The number of benzene rings is 1. The van der Waals surface area contributed by atoms with Crippen LogP contribution < -0.4 is 0 Å². The van der Waals surface area contributed by atoms with E-state index in [9.17, 15) is 13.9 Å². The summed E-state index contributed by atoms with van der Waals surface area (Å²) in [6.07, 6.45) is 2.30. The zero-order valence-corrected chi connectivity index (χ0v) is 10.6. The summed E-state index contributed by atoms with van der Waals surface area (Å²) in [5.41, 5.74) is 0.134. The Bertz CT molecular complexity index is 389. The summed E-state index contributed by atoms with van der Waals surface area (Å²) in [6.45, 7) is 2.88. The molecule has 100 valence electrons. The van der Waals surface area contributed by atoms with Crippen LogP contribution in [-0.4, -0.2) is 28.7 Å². The average Bonchev–Trinajstić information content (AvgIpc) is 2.70. The SMILES string of the molecule is CC(O)CC1CCCN1Cc1c(F)cccc1F. The highest BCUT2D eigenvalue weighted by atomic mass is 19.1. The van der Waals surface area contributed by atoms with E-state index in [2.05, 4.69) is 4.90 Å². The van der Waals surface area contributed by atoms with Gasteiger partial charge >= 0.3 is 0 Å². The van der Waals surface area contributed by atoms with Crippen molar-refractivity contribution < 1.29 is 13.9 Å². The fourth-order valence-corrected chi connectivity index (χ4v) is 2.65. The molecular formula is C14H19F2NO. The number of rotatable bonds is 4. The van der Waals surface area contributed by atoms with E-state index in [0.29, 0.717) is 6.42 Å². The number of likely N-dealkylation sites (tertiary alicyclic amines) is 1. The van der Waals surface area contributed by atoms with Crippen LogP contribution in [0.1, 0.15) is 31.7 Å². The second kappa shape index (κ2) is 5.76. The lowest BCUT2D eigenvalue weighted by Crippen LogP contribution is -2.32. The lowest BCUT2D eigenvalue weighted by atomic mass is 10.1. The van der Waals surface area contributed by atoms with Crippen molar-refractivity contribution >= 4 is 0 Å². The van der Waals surface area contributed by atoms with Gasteiger partial charge in [-0.25, -0.2) is 8.78 Å². The second-order valence-corrected chi connectivity index (χ2v) is 5.05. The first-order valence-electron chi connectivity index (χ1n) is 6.43. The standard InChI is InChI=1S/C14H19F2NO/c1-10(18)8-11-4-3-7-17(11)9-12-13(15)5-2-6-14(12)16/h2,5-6,10-11,18H,3-4,7-9H2,1H3. The van der Waals surface area contributed by atoms with Crippen molar-refractivity contribution in [2.45, 2.75) is 44.9 Å². The summed E-state index contributed by atoms with van der Waals surface area (Å²) in [5, 5.41) is 9.43. The Balaban J connectivity index is 2.08. The third-order valence-corrected chi connectivity index (χ3v) is 3.54. The maximum absolute atomic E-state index is 13.6. The zero-order valence-electron chi connectivity index (χ0n) is 10.6. The highest BCUT2D eigenvalue weighted by molar-refractivity contribution is 5.19. The molecule has 0 aliphatic carbocycles. The van der Waals surface area contributed by atoms with Crippen LogP contribution in [0.15, 0.2) is 18.2 Å². The van der Waals surface area contributed by atoms with Gasteiger partial charge in [0.05, 0.1) is 6.10 Å². The average molecular weight is 255 g/mol. The van der Waals surface area contributed by atoms with Crippen molar-refractivity contribution in [1.29, 1.82) is 0 Å². The molecule has 0 aromatic heterocycles. The van der Waals surface area contributed by atoms with Crippen molar-refractivity contribution in [1.82, 2.24) is 4.90 Å². The molecule has 2 nitrogen and oxygen atoms in total. The van der Waals surface area contributed by atoms with E-state index >= 15 is 0 Å². The molecular weight excluding hydrogens is 236 g/mol. The van der Waals surface area contributed by atoms with Crippen molar-refractivity contribution in [3.63, 3.8) is 0 Å². The molecule has 1 N–H and O–H groups in total. The Labute approximate surface area is 106 Å². The normalized spacial score (nSPS) is 22.3. The molecule has 1 heterocycles. The number of aliphatic hydroxyl groups is 1. The highest BCUT2D eigenvalue weighted by Crippen LogP contribution is 2.25. The highest BCUT2D eigenvalue weighted by Gasteiger charge is 2.27. The molecule has 0 spiro atoms. The van der Waals surface area contributed by atoms with Crippen molar-refractivity contribution in [2.24, 2.45) is 0 Å². The molecule has 1 aromatic rings.